The van der Waals surface area contributed by atoms with Crippen LogP contribution >= 0.6 is 11.6 Å². The monoisotopic (exact) mass is 238 g/mol. The van der Waals surface area contributed by atoms with Crippen LogP contribution in [0.25, 0.3) is 0 Å². The maximum absolute atomic E-state index is 11.9. The molecule has 1 N–H and O–H groups in total. The van der Waals surface area contributed by atoms with E-state index < -0.39 is 0 Å². The average molecular weight is 239 g/mol. The number of nitrogens with zero attached hydrogens (tertiary/aromatic N) is 1. The van der Waals surface area contributed by atoms with Gasteiger partial charge in [0.2, 0.25) is 5.91 Å². The van der Waals surface area contributed by atoms with E-state index in [1.54, 1.807) is 18.3 Å². The molecule has 4 heteroatoms. The van der Waals surface area contributed by atoms with Crippen molar-refractivity contribution in [2.45, 2.75) is 32.1 Å². The summed E-state index contributed by atoms with van der Waals surface area (Å²) >= 11 is 5.88. The minimum absolute atomic E-state index is 0.0783. The summed E-state index contributed by atoms with van der Waals surface area (Å²) in [5, 5.41) is 3.20. The normalized spacial score (nSPS) is 17.1. The standard InChI is InChI=1S/C12H15ClN2O/c13-11-10(7-4-8-14-11)15-12(16)9-5-2-1-3-6-9/h4,7-9H,1-3,5-6H2,(H,15,16). The molecule has 1 aliphatic rings. The van der Waals surface area contributed by atoms with Gasteiger partial charge in [0.25, 0.3) is 0 Å². The Bertz CT molecular complexity index is 375. The largest absolute Gasteiger partial charge is 0.323 e. The first-order chi connectivity index (χ1) is 7.77. The molecule has 0 aromatic carbocycles. The van der Waals surface area contributed by atoms with E-state index >= 15 is 0 Å². The van der Waals surface area contributed by atoms with Crippen LogP contribution in [0, 0.1) is 5.92 Å². The first-order valence-electron chi connectivity index (χ1n) is 5.69. The molecule has 0 spiro atoms. The maximum Gasteiger partial charge on any atom is 0.227 e. The van der Waals surface area contributed by atoms with Gasteiger partial charge in [-0.3, -0.25) is 4.79 Å². The van der Waals surface area contributed by atoms with Gasteiger partial charge in [-0.05, 0) is 25.0 Å². The molecule has 1 aromatic rings. The van der Waals surface area contributed by atoms with Crippen LogP contribution in [0.4, 0.5) is 5.69 Å². The number of carbonyl (C=O) groups is 1. The summed E-state index contributed by atoms with van der Waals surface area (Å²) < 4.78 is 0. The quantitative estimate of drug-likeness (QED) is 0.804. The molecule has 1 fully saturated rings. The lowest BCUT2D eigenvalue weighted by molar-refractivity contribution is -0.120. The van der Waals surface area contributed by atoms with Crippen LogP contribution in [0.15, 0.2) is 18.3 Å². The molecule has 0 atom stereocenters. The van der Waals surface area contributed by atoms with Gasteiger partial charge in [-0.2, -0.15) is 0 Å². The van der Waals surface area contributed by atoms with Crippen LogP contribution in [-0.2, 0) is 4.79 Å². The van der Waals surface area contributed by atoms with Crippen molar-refractivity contribution >= 4 is 23.2 Å². The molecule has 1 aliphatic carbocycles. The van der Waals surface area contributed by atoms with E-state index in [9.17, 15) is 4.79 Å². The van der Waals surface area contributed by atoms with E-state index in [0.29, 0.717) is 10.8 Å². The van der Waals surface area contributed by atoms with Crippen molar-refractivity contribution < 1.29 is 4.79 Å². The Morgan fingerprint density at radius 2 is 2.12 bits per heavy atom. The van der Waals surface area contributed by atoms with Crippen molar-refractivity contribution in [2.75, 3.05) is 5.32 Å². The Hall–Kier alpha value is -1.09. The van der Waals surface area contributed by atoms with E-state index in [-0.39, 0.29) is 11.8 Å². The Kier molecular flexibility index (Phi) is 3.78. The van der Waals surface area contributed by atoms with Crippen LogP contribution < -0.4 is 5.32 Å². The minimum atomic E-state index is 0.0783. The molecule has 1 saturated carbocycles. The zero-order valence-electron chi connectivity index (χ0n) is 9.08. The summed E-state index contributed by atoms with van der Waals surface area (Å²) in [5.74, 6) is 0.222. The first-order valence-corrected chi connectivity index (χ1v) is 6.06. The Balaban J connectivity index is 1.99. The number of halogens is 1. The predicted molar refractivity (Wildman–Crippen MR) is 64.5 cm³/mol. The zero-order valence-corrected chi connectivity index (χ0v) is 9.83. The van der Waals surface area contributed by atoms with Gasteiger partial charge in [0.05, 0.1) is 5.69 Å². The molecule has 3 nitrogen and oxygen atoms in total. The highest BCUT2D eigenvalue weighted by Gasteiger charge is 2.21. The van der Waals surface area contributed by atoms with Crippen LogP contribution in [0.1, 0.15) is 32.1 Å². The molecule has 1 amide bonds. The second-order valence-corrected chi connectivity index (χ2v) is 4.52. The van der Waals surface area contributed by atoms with Crippen molar-refractivity contribution in [3.05, 3.63) is 23.5 Å². The lowest BCUT2D eigenvalue weighted by Gasteiger charge is -2.20. The number of anilines is 1. The smallest absolute Gasteiger partial charge is 0.227 e. The van der Waals surface area contributed by atoms with Crippen molar-refractivity contribution in [1.29, 1.82) is 0 Å². The van der Waals surface area contributed by atoms with Crippen molar-refractivity contribution in [2.24, 2.45) is 5.92 Å². The number of amides is 1. The van der Waals surface area contributed by atoms with Crippen molar-refractivity contribution in [1.82, 2.24) is 4.98 Å². The predicted octanol–water partition coefficient (Wildman–Crippen LogP) is 3.25. The van der Waals surface area contributed by atoms with Gasteiger partial charge < -0.3 is 5.32 Å². The summed E-state index contributed by atoms with van der Waals surface area (Å²) in [6.07, 6.45) is 7.14. The molecule has 16 heavy (non-hydrogen) atoms. The van der Waals surface area contributed by atoms with Crippen LogP contribution in [-0.4, -0.2) is 10.9 Å². The molecule has 86 valence electrons. The number of carbonyl (C=O) groups excluding carboxylic acids is 1. The van der Waals surface area contributed by atoms with E-state index in [4.69, 9.17) is 11.6 Å². The fraction of sp³-hybridized carbons (Fsp3) is 0.500. The Labute approximate surface area is 100 Å². The van der Waals surface area contributed by atoms with Gasteiger partial charge in [-0.25, -0.2) is 4.98 Å². The molecule has 0 radical (unpaired) electrons. The number of pyridine rings is 1. The lowest BCUT2D eigenvalue weighted by atomic mass is 9.88. The second-order valence-electron chi connectivity index (χ2n) is 4.17. The zero-order chi connectivity index (χ0) is 11.4. The summed E-state index contributed by atoms with van der Waals surface area (Å²) in [5.41, 5.74) is 0.611. The third-order valence-corrected chi connectivity index (χ3v) is 3.29. The highest BCUT2D eigenvalue weighted by molar-refractivity contribution is 6.32. The fourth-order valence-corrected chi connectivity index (χ4v) is 2.25. The SMILES string of the molecule is O=C(Nc1cccnc1Cl)C1CCCCC1. The topological polar surface area (TPSA) is 42.0 Å². The number of rotatable bonds is 2. The summed E-state index contributed by atoms with van der Waals surface area (Å²) in [7, 11) is 0. The highest BCUT2D eigenvalue weighted by Crippen LogP contribution is 2.26. The molecule has 0 aliphatic heterocycles. The molecular weight excluding hydrogens is 224 g/mol. The minimum Gasteiger partial charge on any atom is -0.323 e. The van der Waals surface area contributed by atoms with Crippen molar-refractivity contribution in [3.8, 4) is 0 Å². The third kappa shape index (κ3) is 2.73. The molecule has 0 unspecified atom stereocenters. The molecule has 2 rings (SSSR count). The molecule has 1 aromatic heterocycles. The Morgan fingerprint density at radius 3 is 2.81 bits per heavy atom. The van der Waals surface area contributed by atoms with E-state index in [0.717, 1.165) is 25.7 Å². The van der Waals surface area contributed by atoms with Crippen LogP contribution in [0.3, 0.4) is 0 Å². The fourth-order valence-electron chi connectivity index (χ4n) is 2.08. The van der Waals surface area contributed by atoms with E-state index in [2.05, 4.69) is 10.3 Å². The van der Waals surface area contributed by atoms with Crippen LogP contribution in [0.5, 0.6) is 0 Å². The summed E-state index contributed by atoms with van der Waals surface area (Å²) in [6, 6.07) is 3.54. The van der Waals surface area contributed by atoms with Gasteiger partial charge in [0, 0.05) is 12.1 Å². The van der Waals surface area contributed by atoms with Gasteiger partial charge in [0.1, 0.15) is 0 Å². The third-order valence-electron chi connectivity index (χ3n) is 2.99. The number of nitrogens with one attached hydrogen (secondary N) is 1. The number of aromatic nitrogens is 1. The van der Waals surface area contributed by atoms with Gasteiger partial charge in [-0.1, -0.05) is 30.9 Å². The van der Waals surface area contributed by atoms with E-state index in [1.807, 2.05) is 0 Å². The number of hydrogen-bond donors (Lipinski definition) is 1. The molecule has 1 heterocycles. The molecule has 0 saturated heterocycles. The first kappa shape index (κ1) is 11.4. The summed E-state index contributed by atoms with van der Waals surface area (Å²) in [6.45, 7) is 0. The van der Waals surface area contributed by atoms with E-state index in [1.165, 1.54) is 6.42 Å². The highest BCUT2D eigenvalue weighted by atomic mass is 35.5. The van der Waals surface area contributed by atoms with Gasteiger partial charge in [0.15, 0.2) is 5.15 Å². The second kappa shape index (κ2) is 5.30. The van der Waals surface area contributed by atoms with Gasteiger partial charge >= 0.3 is 0 Å². The Morgan fingerprint density at radius 1 is 1.38 bits per heavy atom. The maximum atomic E-state index is 11.9. The van der Waals surface area contributed by atoms with Gasteiger partial charge in [-0.15, -0.1) is 0 Å². The summed E-state index contributed by atoms with van der Waals surface area (Å²) in [4.78, 5) is 15.9. The lowest BCUT2D eigenvalue weighted by Crippen LogP contribution is -2.24. The average Bonchev–Trinajstić information content (AvgIpc) is 2.33. The molecular formula is C12H15ClN2O. The molecule has 0 bridgehead atoms. The van der Waals surface area contributed by atoms with Crippen LogP contribution in [0.2, 0.25) is 5.15 Å². The van der Waals surface area contributed by atoms with Crippen molar-refractivity contribution in [3.63, 3.8) is 0 Å². The number of hydrogen-bond acceptors (Lipinski definition) is 2.